The number of rotatable bonds is 10. The largest absolute Gasteiger partial charge is 0.496 e. The second-order valence-corrected chi connectivity index (χ2v) is 13.3. The summed E-state index contributed by atoms with van der Waals surface area (Å²) < 4.78 is 7.55. The summed E-state index contributed by atoms with van der Waals surface area (Å²) in [6, 6.07) is 15.5. The van der Waals surface area contributed by atoms with E-state index in [0.717, 1.165) is 80.5 Å². The zero-order valence-corrected chi connectivity index (χ0v) is 26.1. The molecular formula is C36H46N4O4. The van der Waals surface area contributed by atoms with Crippen LogP contribution in [0, 0.1) is 24.7 Å². The van der Waals surface area contributed by atoms with Gasteiger partial charge in [-0.2, -0.15) is 5.10 Å². The maximum absolute atomic E-state index is 14.3. The number of methoxy groups -OCH3 is 1. The van der Waals surface area contributed by atoms with Crippen molar-refractivity contribution < 1.29 is 19.4 Å². The molecule has 3 saturated carbocycles. The van der Waals surface area contributed by atoms with E-state index in [2.05, 4.69) is 75.6 Å². The van der Waals surface area contributed by atoms with E-state index in [0.29, 0.717) is 30.3 Å². The standard InChI is InChI=1S/C36H46N4O4/c1-24-18-30(14-17-34(24)44-2)27-10-8-26(9-11-27)22-39(35(41)28-12-6-25(7-13-28)20-37-36(42)43)33-5-3-4-29(19-33)31-21-38-40(23-31)32-15-16-32/h3-5,14,17-19,21,23,25-28,32,37H,6-13,15-16,20,22H2,1-2H3,(H,42,43)/t25-,26-,27-,28-. The summed E-state index contributed by atoms with van der Waals surface area (Å²) in [6.45, 7) is 3.31. The number of benzene rings is 2. The number of amides is 2. The summed E-state index contributed by atoms with van der Waals surface area (Å²) in [5, 5.41) is 16.1. The zero-order chi connectivity index (χ0) is 30.6. The van der Waals surface area contributed by atoms with E-state index in [1.807, 2.05) is 6.20 Å². The van der Waals surface area contributed by atoms with E-state index in [9.17, 15) is 9.59 Å². The molecule has 1 heterocycles. The molecule has 3 aliphatic carbocycles. The number of nitrogens with zero attached hydrogens (tertiary/aromatic N) is 3. The van der Waals surface area contributed by atoms with Crippen LogP contribution in [0.15, 0.2) is 54.9 Å². The molecule has 0 spiro atoms. The summed E-state index contributed by atoms with van der Waals surface area (Å²) >= 11 is 0. The van der Waals surface area contributed by atoms with Gasteiger partial charge >= 0.3 is 6.09 Å². The number of carbonyl (C=O) groups is 2. The Morgan fingerprint density at radius 1 is 0.955 bits per heavy atom. The Labute approximate surface area is 260 Å². The second kappa shape index (κ2) is 13.4. The quantitative estimate of drug-likeness (QED) is 0.251. The van der Waals surface area contributed by atoms with Crippen LogP contribution < -0.4 is 15.0 Å². The molecule has 2 amide bonds. The van der Waals surface area contributed by atoms with Crippen molar-refractivity contribution in [2.45, 2.75) is 83.1 Å². The Kier molecular flexibility index (Phi) is 9.24. The number of ether oxygens (including phenoxy) is 1. The van der Waals surface area contributed by atoms with Crippen LogP contribution in [0.3, 0.4) is 0 Å². The third-order valence-electron chi connectivity index (χ3n) is 10.2. The van der Waals surface area contributed by atoms with E-state index >= 15 is 0 Å². The molecule has 8 nitrogen and oxygen atoms in total. The fraction of sp³-hybridized carbons (Fsp3) is 0.528. The molecule has 0 saturated heterocycles. The highest BCUT2D eigenvalue weighted by Crippen LogP contribution is 2.40. The first kappa shape index (κ1) is 30.2. The van der Waals surface area contributed by atoms with Gasteiger partial charge in [0.25, 0.3) is 0 Å². The van der Waals surface area contributed by atoms with Gasteiger partial charge in [0, 0.05) is 36.5 Å². The summed E-state index contributed by atoms with van der Waals surface area (Å²) in [7, 11) is 1.72. The number of aromatic nitrogens is 2. The van der Waals surface area contributed by atoms with Gasteiger partial charge < -0.3 is 20.1 Å². The number of hydrogen-bond donors (Lipinski definition) is 2. The van der Waals surface area contributed by atoms with E-state index in [1.54, 1.807) is 7.11 Å². The van der Waals surface area contributed by atoms with Gasteiger partial charge in [0.15, 0.2) is 0 Å². The molecular weight excluding hydrogens is 552 g/mol. The predicted octanol–water partition coefficient (Wildman–Crippen LogP) is 7.58. The number of hydrogen-bond acceptors (Lipinski definition) is 4. The molecule has 0 unspecified atom stereocenters. The minimum Gasteiger partial charge on any atom is -0.496 e. The minimum atomic E-state index is -0.978. The highest BCUT2D eigenvalue weighted by atomic mass is 16.5. The van der Waals surface area contributed by atoms with Gasteiger partial charge in [-0.1, -0.05) is 24.3 Å². The Morgan fingerprint density at radius 3 is 2.39 bits per heavy atom. The van der Waals surface area contributed by atoms with Crippen LogP contribution in [-0.4, -0.2) is 47.1 Å². The lowest BCUT2D eigenvalue weighted by molar-refractivity contribution is -0.123. The lowest BCUT2D eigenvalue weighted by atomic mass is 9.77. The van der Waals surface area contributed by atoms with Crippen molar-refractivity contribution in [1.82, 2.24) is 15.1 Å². The van der Waals surface area contributed by atoms with Crippen molar-refractivity contribution in [1.29, 1.82) is 0 Å². The van der Waals surface area contributed by atoms with Gasteiger partial charge in [-0.3, -0.25) is 9.48 Å². The molecule has 44 heavy (non-hydrogen) atoms. The SMILES string of the molecule is COc1ccc([C@H]2CC[C@H](CN(c3cccc(-c4cnn(C5CC5)c4)c3)C(=O)[C@H]3CC[C@H](CNC(=O)O)CC3)CC2)cc1C. The smallest absolute Gasteiger partial charge is 0.404 e. The van der Waals surface area contributed by atoms with Crippen molar-refractivity contribution in [3.8, 4) is 16.9 Å². The van der Waals surface area contributed by atoms with Gasteiger partial charge in [0.2, 0.25) is 5.91 Å². The van der Waals surface area contributed by atoms with Gasteiger partial charge in [-0.05, 0) is 124 Å². The number of carbonyl (C=O) groups excluding carboxylic acids is 1. The summed E-state index contributed by atoms with van der Waals surface area (Å²) in [6.07, 6.45) is 13.3. The van der Waals surface area contributed by atoms with Crippen LogP contribution in [0.5, 0.6) is 5.75 Å². The highest BCUT2D eigenvalue weighted by molar-refractivity contribution is 5.95. The molecule has 0 bridgehead atoms. The maximum atomic E-state index is 14.3. The minimum absolute atomic E-state index is 0.0315. The normalized spacial score (nSPS) is 23.6. The molecule has 3 aromatic rings. The molecule has 0 radical (unpaired) electrons. The van der Waals surface area contributed by atoms with Crippen LogP contribution in [-0.2, 0) is 4.79 Å². The first-order valence-electron chi connectivity index (χ1n) is 16.4. The van der Waals surface area contributed by atoms with Crippen LogP contribution >= 0.6 is 0 Å². The Bertz CT molecular complexity index is 1450. The lowest BCUT2D eigenvalue weighted by Crippen LogP contribution is -2.42. The third-order valence-corrected chi connectivity index (χ3v) is 10.2. The number of anilines is 1. The van der Waals surface area contributed by atoms with E-state index < -0.39 is 6.09 Å². The Balaban J connectivity index is 1.17. The van der Waals surface area contributed by atoms with Crippen LogP contribution in [0.4, 0.5) is 10.5 Å². The van der Waals surface area contributed by atoms with Gasteiger partial charge in [0.1, 0.15) is 5.75 Å². The maximum Gasteiger partial charge on any atom is 0.404 e. The molecule has 2 aromatic carbocycles. The zero-order valence-electron chi connectivity index (χ0n) is 26.1. The first-order chi connectivity index (χ1) is 21.4. The molecule has 3 fully saturated rings. The van der Waals surface area contributed by atoms with Gasteiger partial charge in [-0.15, -0.1) is 0 Å². The van der Waals surface area contributed by atoms with E-state index in [4.69, 9.17) is 9.84 Å². The summed E-state index contributed by atoms with van der Waals surface area (Å²) in [5.41, 5.74) is 5.72. The fourth-order valence-electron chi connectivity index (χ4n) is 7.36. The molecule has 234 valence electrons. The predicted molar refractivity (Wildman–Crippen MR) is 172 cm³/mol. The molecule has 0 atom stereocenters. The monoisotopic (exact) mass is 598 g/mol. The number of aryl methyl sites for hydroxylation is 1. The fourth-order valence-corrected chi connectivity index (χ4v) is 7.36. The molecule has 2 N–H and O–H groups in total. The summed E-state index contributed by atoms with van der Waals surface area (Å²) in [4.78, 5) is 27.3. The number of nitrogens with one attached hydrogen (secondary N) is 1. The Morgan fingerprint density at radius 2 is 1.70 bits per heavy atom. The van der Waals surface area contributed by atoms with Crippen molar-refractivity contribution in [3.63, 3.8) is 0 Å². The Hall–Kier alpha value is -3.81. The molecule has 1 aromatic heterocycles. The van der Waals surface area contributed by atoms with Crippen molar-refractivity contribution in [2.24, 2.45) is 17.8 Å². The molecule has 8 heteroatoms. The van der Waals surface area contributed by atoms with Crippen LogP contribution in [0.25, 0.3) is 11.1 Å². The average Bonchev–Trinajstić information content (AvgIpc) is 3.78. The first-order valence-corrected chi connectivity index (χ1v) is 16.4. The van der Waals surface area contributed by atoms with E-state index in [1.165, 1.54) is 24.0 Å². The van der Waals surface area contributed by atoms with Crippen molar-refractivity contribution in [3.05, 3.63) is 66.0 Å². The summed E-state index contributed by atoms with van der Waals surface area (Å²) in [5.74, 6) is 2.41. The van der Waals surface area contributed by atoms with Crippen molar-refractivity contribution in [2.75, 3.05) is 25.1 Å². The van der Waals surface area contributed by atoms with Gasteiger partial charge in [0.05, 0.1) is 19.3 Å². The highest BCUT2D eigenvalue weighted by Gasteiger charge is 2.33. The van der Waals surface area contributed by atoms with Crippen LogP contribution in [0.1, 0.15) is 87.3 Å². The average molecular weight is 599 g/mol. The third kappa shape index (κ3) is 7.11. The van der Waals surface area contributed by atoms with E-state index in [-0.39, 0.29) is 11.8 Å². The number of carboxylic acid groups (broad SMARTS) is 1. The molecule has 6 rings (SSSR count). The van der Waals surface area contributed by atoms with Gasteiger partial charge in [-0.25, -0.2) is 4.79 Å². The topological polar surface area (TPSA) is 96.7 Å². The van der Waals surface area contributed by atoms with Crippen molar-refractivity contribution >= 4 is 17.7 Å². The lowest BCUT2D eigenvalue weighted by Gasteiger charge is -2.36. The molecule has 0 aliphatic heterocycles. The second-order valence-electron chi connectivity index (χ2n) is 13.3. The molecule has 3 aliphatic rings. The van der Waals surface area contributed by atoms with Crippen LogP contribution in [0.2, 0.25) is 0 Å².